The van der Waals surface area contributed by atoms with E-state index in [0.29, 0.717) is 13.0 Å². The maximum absolute atomic E-state index is 11.4. The number of allylic oxidation sites excluding steroid dienone is 2. The first-order chi connectivity index (χ1) is 7.70. The number of nitrogens with zero attached hydrogens (tertiary/aromatic N) is 1. The smallest absolute Gasteiger partial charge is 0.307 e. The molecule has 0 saturated carbocycles. The summed E-state index contributed by atoms with van der Waals surface area (Å²) < 4.78 is 6.00. The molecule has 0 amide bonds. The van der Waals surface area contributed by atoms with Crippen molar-refractivity contribution in [2.45, 2.75) is 25.6 Å². The second-order valence-electron chi connectivity index (χ2n) is 3.84. The summed E-state index contributed by atoms with van der Waals surface area (Å²) in [6, 6.07) is 0.182. The van der Waals surface area contributed by atoms with Gasteiger partial charge in [-0.15, -0.1) is 0 Å². The third-order valence-electron chi connectivity index (χ3n) is 2.72. The normalized spacial score (nSPS) is 27.6. The van der Waals surface area contributed by atoms with Crippen LogP contribution >= 0.6 is 15.9 Å². The van der Waals surface area contributed by atoms with E-state index in [4.69, 9.17) is 4.74 Å². The molecule has 1 fully saturated rings. The Labute approximate surface area is 103 Å². The molecule has 5 heteroatoms. The Bertz CT molecular complexity index is 341. The molecule has 0 aromatic rings. The van der Waals surface area contributed by atoms with E-state index in [1.807, 2.05) is 19.2 Å². The minimum atomic E-state index is -0.131. The number of carbonyl (C=O) groups is 1. The summed E-state index contributed by atoms with van der Waals surface area (Å²) in [7, 11) is 0. The van der Waals surface area contributed by atoms with Gasteiger partial charge in [0.1, 0.15) is 0 Å². The summed E-state index contributed by atoms with van der Waals surface area (Å²) in [5.41, 5.74) is 0. The number of fused-ring (bicyclic) bond motifs is 1. The van der Waals surface area contributed by atoms with Crippen molar-refractivity contribution >= 4 is 21.9 Å². The molecule has 2 aliphatic heterocycles. The molecule has 0 spiro atoms. The monoisotopic (exact) mass is 286 g/mol. The van der Waals surface area contributed by atoms with Crippen LogP contribution < -0.4 is 5.32 Å². The van der Waals surface area contributed by atoms with Gasteiger partial charge in [0.05, 0.1) is 25.2 Å². The van der Waals surface area contributed by atoms with Crippen molar-refractivity contribution in [2.24, 2.45) is 0 Å². The van der Waals surface area contributed by atoms with E-state index in [1.54, 1.807) is 0 Å². The zero-order valence-electron chi connectivity index (χ0n) is 9.15. The van der Waals surface area contributed by atoms with Gasteiger partial charge < -0.3 is 9.64 Å². The predicted octanol–water partition coefficient (Wildman–Crippen LogP) is 1.35. The first-order valence-corrected chi connectivity index (χ1v) is 6.22. The van der Waals surface area contributed by atoms with Crippen LogP contribution in [0.1, 0.15) is 13.3 Å². The number of ether oxygens (including phenoxy) is 1. The first-order valence-electron chi connectivity index (χ1n) is 5.42. The van der Waals surface area contributed by atoms with E-state index in [9.17, 15) is 4.79 Å². The van der Waals surface area contributed by atoms with Crippen molar-refractivity contribution in [2.75, 3.05) is 13.2 Å². The SMILES string of the molecule is CCOC(=O)C[C@H]1CN[C@H]2C=CC(Br)=CN12. The van der Waals surface area contributed by atoms with Gasteiger partial charge in [-0.2, -0.15) is 0 Å². The van der Waals surface area contributed by atoms with E-state index in [1.165, 1.54) is 0 Å². The van der Waals surface area contributed by atoms with Crippen LogP contribution in [0.4, 0.5) is 0 Å². The summed E-state index contributed by atoms with van der Waals surface area (Å²) in [6.07, 6.45) is 6.76. The lowest BCUT2D eigenvalue weighted by Crippen LogP contribution is -2.36. The summed E-state index contributed by atoms with van der Waals surface area (Å²) in [5, 5.41) is 3.34. The van der Waals surface area contributed by atoms with Gasteiger partial charge in [0, 0.05) is 17.2 Å². The van der Waals surface area contributed by atoms with E-state index >= 15 is 0 Å². The number of nitrogens with one attached hydrogen (secondary N) is 1. The summed E-state index contributed by atoms with van der Waals surface area (Å²) >= 11 is 3.44. The van der Waals surface area contributed by atoms with Crippen LogP contribution in [0.25, 0.3) is 0 Å². The molecule has 0 aliphatic carbocycles. The second-order valence-corrected chi connectivity index (χ2v) is 4.75. The topological polar surface area (TPSA) is 41.6 Å². The molecule has 2 aliphatic rings. The van der Waals surface area contributed by atoms with Gasteiger partial charge >= 0.3 is 5.97 Å². The fourth-order valence-corrected chi connectivity index (χ4v) is 2.40. The Morgan fingerprint density at radius 3 is 3.31 bits per heavy atom. The Hall–Kier alpha value is -0.810. The molecule has 0 aromatic heterocycles. The predicted molar refractivity (Wildman–Crippen MR) is 64.8 cm³/mol. The lowest BCUT2D eigenvalue weighted by Gasteiger charge is -2.28. The lowest BCUT2D eigenvalue weighted by atomic mass is 10.2. The van der Waals surface area contributed by atoms with E-state index < -0.39 is 0 Å². The van der Waals surface area contributed by atoms with Crippen LogP contribution in [0, 0.1) is 0 Å². The third kappa shape index (κ3) is 2.47. The van der Waals surface area contributed by atoms with Gasteiger partial charge in [0.2, 0.25) is 0 Å². The molecule has 1 N–H and O–H groups in total. The molecule has 16 heavy (non-hydrogen) atoms. The average molecular weight is 287 g/mol. The highest BCUT2D eigenvalue weighted by atomic mass is 79.9. The molecule has 2 rings (SSSR count). The summed E-state index contributed by atoms with van der Waals surface area (Å²) in [6.45, 7) is 3.08. The van der Waals surface area contributed by atoms with E-state index in [0.717, 1.165) is 11.0 Å². The third-order valence-corrected chi connectivity index (χ3v) is 3.19. The van der Waals surface area contributed by atoms with Crippen molar-refractivity contribution in [3.8, 4) is 0 Å². The summed E-state index contributed by atoms with van der Waals surface area (Å²) in [5.74, 6) is -0.131. The molecule has 0 radical (unpaired) electrons. The van der Waals surface area contributed by atoms with Gasteiger partial charge in [-0.25, -0.2) is 0 Å². The lowest BCUT2D eigenvalue weighted by molar-refractivity contribution is -0.144. The molecule has 2 heterocycles. The van der Waals surface area contributed by atoms with Crippen LogP contribution in [0.3, 0.4) is 0 Å². The Kier molecular flexibility index (Phi) is 3.66. The maximum Gasteiger partial charge on any atom is 0.307 e. The average Bonchev–Trinajstić information content (AvgIpc) is 2.61. The van der Waals surface area contributed by atoms with Gasteiger partial charge in [-0.1, -0.05) is 0 Å². The highest BCUT2D eigenvalue weighted by Gasteiger charge is 2.32. The quantitative estimate of drug-likeness (QED) is 0.796. The Morgan fingerprint density at radius 2 is 2.56 bits per heavy atom. The van der Waals surface area contributed by atoms with Crippen LogP contribution in [0.5, 0.6) is 0 Å². The fourth-order valence-electron chi connectivity index (χ4n) is 2.01. The maximum atomic E-state index is 11.4. The molecular formula is C11H15BrN2O2. The minimum absolute atomic E-state index is 0.131. The minimum Gasteiger partial charge on any atom is -0.466 e. The zero-order valence-corrected chi connectivity index (χ0v) is 10.7. The standard InChI is InChI=1S/C11H15BrN2O2/c1-2-16-11(15)5-9-6-13-10-4-3-8(12)7-14(9)10/h3-4,7,9-10,13H,2,5-6H2,1H3/t9-,10+/m0/s1. The van der Waals surface area contributed by atoms with Gasteiger partial charge in [0.15, 0.2) is 0 Å². The molecule has 0 bridgehead atoms. The van der Waals surface area contributed by atoms with Crippen molar-refractivity contribution in [3.63, 3.8) is 0 Å². The molecular weight excluding hydrogens is 272 g/mol. The van der Waals surface area contributed by atoms with Crippen molar-refractivity contribution < 1.29 is 9.53 Å². The second kappa shape index (κ2) is 5.01. The van der Waals surface area contributed by atoms with E-state index in [2.05, 4.69) is 32.2 Å². The molecule has 2 atom stereocenters. The Morgan fingerprint density at radius 1 is 1.75 bits per heavy atom. The fraction of sp³-hybridized carbons (Fsp3) is 0.545. The van der Waals surface area contributed by atoms with Crippen LogP contribution in [-0.2, 0) is 9.53 Å². The molecule has 88 valence electrons. The highest BCUT2D eigenvalue weighted by molar-refractivity contribution is 9.11. The van der Waals surface area contributed by atoms with Gasteiger partial charge in [0.25, 0.3) is 0 Å². The number of hydrogen-bond donors (Lipinski definition) is 1. The van der Waals surface area contributed by atoms with Crippen LogP contribution in [0.15, 0.2) is 22.8 Å². The van der Waals surface area contributed by atoms with Crippen molar-refractivity contribution in [3.05, 3.63) is 22.8 Å². The number of carbonyl (C=O) groups excluding carboxylic acids is 1. The van der Waals surface area contributed by atoms with Gasteiger partial charge in [-0.05, 0) is 35.0 Å². The largest absolute Gasteiger partial charge is 0.466 e. The number of hydrogen-bond acceptors (Lipinski definition) is 4. The number of esters is 1. The Balaban J connectivity index is 1.97. The molecule has 1 saturated heterocycles. The highest BCUT2D eigenvalue weighted by Crippen LogP contribution is 2.24. The molecule has 0 unspecified atom stereocenters. The van der Waals surface area contributed by atoms with Crippen LogP contribution in [0.2, 0.25) is 0 Å². The van der Waals surface area contributed by atoms with Crippen molar-refractivity contribution in [1.82, 2.24) is 10.2 Å². The molecule has 4 nitrogen and oxygen atoms in total. The van der Waals surface area contributed by atoms with Crippen molar-refractivity contribution in [1.29, 1.82) is 0 Å². The van der Waals surface area contributed by atoms with Crippen LogP contribution in [-0.4, -0.2) is 36.2 Å². The first kappa shape index (κ1) is 11.7. The van der Waals surface area contributed by atoms with E-state index in [-0.39, 0.29) is 18.2 Å². The zero-order chi connectivity index (χ0) is 11.5. The van der Waals surface area contributed by atoms with Gasteiger partial charge in [-0.3, -0.25) is 10.1 Å². The number of halogens is 1. The number of rotatable bonds is 3. The molecule has 0 aromatic carbocycles. The summed E-state index contributed by atoms with van der Waals surface area (Å²) in [4.78, 5) is 13.6.